The number of aliphatic hydroxyl groups is 1. The van der Waals surface area contributed by atoms with E-state index in [4.69, 9.17) is 9.47 Å². The van der Waals surface area contributed by atoms with Gasteiger partial charge in [-0.2, -0.15) is 0 Å². The van der Waals surface area contributed by atoms with Crippen LogP contribution in [0, 0.1) is 0 Å². The Balaban J connectivity index is 3.48. The topological polar surface area (TPSA) is 55.8 Å². The van der Waals surface area contributed by atoms with E-state index in [0.717, 1.165) is 32.1 Å². The summed E-state index contributed by atoms with van der Waals surface area (Å²) in [5.74, 6) is -0.215. The maximum Gasteiger partial charge on any atom is 0.306 e. The highest BCUT2D eigenvalue weighted by Gasteiger charge is 2.13. The zero-order valence-corrected chi connectivity index (χ0v) is 27.3. The lowest BCUT2D eigenvalue weighted by Crippen LogP contribution is -2.27. The summed E-state index contributed by atoms with van der Waals surface area (Å²) in [5.41, 5.74) is 0. The summed E-state index contributed by atoms with van der Waals surface area (Å²) in [4.78, 5) is 12.1. The van der Waals surface area contributed by atoms with Crippen molar-refractivity contribution >= 4 is 5.97 Å². The molecule has 0 radical (unpaired) electrons. The molecule has 0 aliphatic rings. The standard InChI is InChI=1S/C37H68O4/c1-3-5-7-9-11-13-15-17-19-20-22-24-26-28-30-32-37(39)41-36(34-38)35-40-33-31-29-27-25-23-21-18-16-14-12-10-8-6-4-2/h8,10,14,16-17,19,36,38H,3-7,9,11-13,15,18,20-35H2,1-2H3/b10-8-,16-14-,19-17-. The number of hydrogen-bond donors (Lipinski definition) is 1. The van der Waals surface area contributed by atoms with Crippen LogP contribution in [0.25, 0.3) is 0 Å². The van der Waals surface area contributed by atoms with Crippen LogP contribution in [0.15, 0.2) is 36.5 Å². The van der Waals surface area contributed by atoms with Gasteiger partial charge in [0, 0.05) is 13.0 Å². The molecule has 0 aromatic carbocycles. The molecule has 0 saturated heterocycles. The summed E-state index contributed by atoms with van der Waals surface area (Å²) in [6, 6.07) is 0. The number of rotatable bonds is 32. The fourth-order valence-electron chi connectivity index (χ4n) is 4.77. The Bertz CT molecular complexity index is 610. The normalized spacial score (nSPS) is 12.8. The van der Waals surface area contributed by atoms with Gasteiger partial charge in [-0.25, -0.2) is 0 Å². The average Bonchev–Trinajstić information content (AvgIpc) is 2.98. The van der Waals surface area contributed by atoms with Gasteiger partial charge in [-0.1, -0.05) is 134 Å². The zero-order valence-electron chi connectivity index (χ0n) is 27.3. The first kappa shape index (κ1) is 39.6. The first-order valence-corrected chi connectivity index (χ1v) is 17.6. The Morgan fingerprint density at radius 2 is 1.07 bits per heavy atom. The molecule has 41 heavy (non-hydrogen) atoms. The van der Waals surface area contributed by atoms with Crippen molar-refractivity contribution in [1.29, 1.82) is 0 Å². The molecule has 0 amide bonds. The molecule has 0 heterocycles. The molecule has 0 aliphatic heterocycles. The molecule has 240 valence electrons. The lowest BCUT2D eigenvalue weighted by Gasteiger charge is -2.15. The van der Waals surface area contributed by atoms with Crippen LogP contribution < -0.4 is 0 Å². The molecule has 0 bridgehead atoms. The van der Waals surface area contributed by atoms with Gasteiger partial charge in [0.1, 0.15) is 6.10 Å². The number of unbranched alkanes of at least 4 members (excludes halogenated alkanes) is 18. The van der Waals surface area contributed by atoms with Crippen LogP contribution in [-0.4, -0.2) is 37.0 Å². The zero-order chi connectivity index (χ0) is 29.9. The molecule has 0 aromatic rings. The van der Waals surface area contributed by atoms with Crippen molar-refractivity contribution in [2.75, 3.05) is 19.8 Å². The fourth-order valence-corrected chi connectivity index (χ4v) is 4.77. The average molecular weight is 577 g/mol. The number of ether oxygens (including phenoxy) is 2. The van der Waals surface area contributed by atoms with E-state index >= 15 is 0 Å². The van der Waals surface area contributed by atoms with Gasteiger partial charge >= 0.3 is 5.97 Å². The molecule has 4 nitrogen and oxygen atoms in total. The van der Waals surface area contributed by atoms with Crippen LogP contribution in [0.3, 0.4) is 0 Å². The van der Waals surface area contributed by atoms with Crippen molar-refractivity contribution in [3.8, 4) is 0 Å². The fraction of sp³-hybridized carbons (Fsp3) is 0.811. The molecular weight excluding hydrogens is 508 g/mol. The Labute approximate surface area is 255 Å². The Morgan fingerprint density at radius 3 is 1.63 bits per heavy atom. The summed E-state index contributed by atoms with van der Waals surface area (Å²) in [5, 5.41) is 9.53. The second-order valence-corrected chi connectivity index (χ2v) is 11.6. The summed E-state index contributed by atoms with van der Waals surface area (Å²) in [7, 11) is 0. The third kappa shape index (κ3) is 33.0. The van der Waals surface area contributed by atoms with E-state index in [9.17, 15) is 9.90 Å². The van der Waals surface area contributed by atoms with Gasteiger partial charge in [-0.15, -0.1) is 0 Å². The van der Waals surface area contributed by atoms with Crippen molar-refractivity contribution < 1.29 is 19.4 Å². The van der Waals surface area contributed by atoms with E-state index in [0.29, 0.717) is 13.0 Å². The third-order valence-electron chi connectivity index (χ3n) is 7.42. The van der Waals surface area contributed by atoms with Gasteiger partial charge in [0.25, 0.3) is 0 Å². The smallest absolute Gasteiger partial charge is 0.306 e. The summed E-state index contributed by atoms with van der Waals surface area (Å²) >= 11 is 0. The lowest BCUT2D eigenvalue weighted by molar-refractivity contribution is -0.154. The van der Waals surface area contributed by atoms with Gasteiger partial charge in [0.2, 0.25) is 0 Å². The van der Waals surface area contributed by atoms with Crippen LogP contribution in [-0.2, 0) is 14.3 Å². The Hall–Kier alpha value is -1.39. The number of carbonyl (C=O) groups excluding carboxylic acids is 1. The van der Waals surface area contributed by atoms with E-state index in [2.05, 4.69) is 50.3 Å². The van der Waals surface area contributed by atoms with Gasteiger partial charge in [-0.3, -0.25) is 4.79 Å². The van der Waals surface area contributed by atoms with Gasteiger partial charge < -0.3 is 14.6 Å². The van der Waals surface area contributed by atoms with E-state index in [-0.39, 0.29) is 19.2 Å². The predicted octanol–water partition coefficient (Wildman–Crippen LogP) is 11.0. The molecule has 0 rings (SSSR count). The van der Waals surface area contributed by atoms with Crippen molar-refractivity contribution in [3.63, 3.8) is 0 Å². The van der Waals surface area contributed by atoms with Gasteiger partial charge in [-0.05, 0) is 64.2 Å². The SMILES string of the molecule is CCC/C=C\C/C=C\CCCCCCCCOCC(CO)OC(=O)CCCCCCC/C=C\CCCCCCCC. The van der Waals surface area contributed by atoms with Crippen molar-refractivity contribution in [2.45, 2.75) is 174 Å². The third-order valence-corrected chi connectivity index (χ3v) is 7.42. The molecule has 1 unspecified atom stereocenters. The maximum atomic E-state index is 12.1. The maximum absolute atomic E-state index is 12.1. The van der Waals surface area contributed by atoms with E-state index in [1.807, 2.05) is 0 Å². The molecule has 0 saturated carbocycles. The van der Waals surface area contributed by atoms with E-state index < -0.39 is 6.10 Å². The van der Waals surface area contributed by atoms with Crippen LogP contribution in [0.5, 0.6) is 0 Å². The molecular formula is C37H68O4. The van der Waals surface area contributed by atoms with Crippen molar-refractivity contribution in [2.24, 2.45) is 0 Å². The largest absolute Gasteiger partial charge is 0.457 e. The van der Waals surface area contributed by atoms with Gasteiger partial charge in [0.15, 0.2) is 0 Å². The molecule has 0 fully saturated rings. The summed E-state index contributed by atoms with van der Waals surface area (Å²) in [6.45, 7) is 5.24. The van der Waals surface area contributed by atoms with Crippen molar-refractivity contribution in [3.05, 3.63) is 36.5 Å². The minimum atomic E-state index is -0.541. The van der Waals surface area contributed by atoms with Gasteiger partial charge in [0.05, 0.1) is 13.2 Å². The quantitative estimate of drug-likeness (QED) is 0.0491. The number of esters is 1. The van der Waals surface area contributed by atoms with Crippen LogP contribution in [0.1, 0.15) is 168 Å². The first-order valence-electron chi connectivity index (χ1n) is 17.6. The molecule has 0 aliphatic carbocycles. The minimum absolute atomic E-state index is 0.179. The summed E-state index contributed by atoms with van der Waals surface area (Å²) < 4.78 is 11.1. The molecule has 0 spiro atoms. The molecule has 0 aromatic heterocycles. The molecule has 4 heteroatoms. The molecule has 1 N–H and O–H groups in total. The van der Waals surface area contributed by atoms with Crippen LogP contribution >= 0.6 is 0 Å². The first-order chi connectivity index (χ1) is 20.2. The van der Waals surface area contributed by atoms with Crippen molar-refractivity contribution in [1.82, 2.24) is 0 Å². The second kappa shape index (κ2) is 34.8. The van der Waals surface area contributed by atoms with Crippen LogP contribution in [0.4, 0.5) is 0 Å². The Morgan fingerprint density at radius 1 is 0.585 bits per heavy atom. The predicted molar refractivity (Wildman–Crippen MR) is 177 cm³/mol. The lowest BCUT2D eigenvalue weighted by atomic mass is 10.1. The molecule has 1 atom stereocenters. The highest BCUT2D eigenvalue weighted by atomic mass is 16.6. The number of carbonyl (C=O) groups is 1. The van der Waals surface area contributed by atoms with E-state index in [1.54, 1.807) is 0 Å². The summed E-state index contributed by atoms with van der Waals surface area (Å²) in [6.07, 6.45) is 41.7. The highest BCUT2D eigenvalue weighted by molar-refractivity contribution is 5.69. The van der Waals surface area contributed by atoms with E-state index in [1.165, 1.54) is 116 Å². The monoisotopic (exact) mass is 577 g/mol. The second-order valence-electron chi connectivity index (χ2n) is 11.6. The number of aliphatic hydroxyl groups excluding tert-OH is 1. The minimum Gasteiger partial charge on any atom is -0.457 e. The Kier molecular flexibility index (Phi) is 33.6. The van der Waals surface area contributed by atoms with Crippen LogP contribution in [0.2, 0.25) is 0 Å². The number of hydrogen-bond acceptors (Lipinski definition) is 4. The number of allylic oxidation sites excluding steroid dienone is 6. The highest BCUT2D eigenvalue weighted by Crippen LogP contribution is 2.11.